The zero-order valence-electron chi connectivity index (χ0n) is 12.0. The Hall–Kier alpha value is -1.50. The fraction of sp³-hybridized carbons (Fsp3) is 0.267. The number of hydrogen-bond acceptors (Lipinski definition) is 3. The Morgan fingerprint density at radius 2 is 2.00 bits per heavy atom. The maximum absolute atomic E-state index is 12.8. The summed E-state index contributed by atoms with van der Waals surface area (Å²) in [5, 5.41) is 8.86. The van der Waals surface area contributed by atoms with Crippen LogP contribution in [0.15, 0.2) is 41.8 Å². The Balaban J connectivity index is 1.89. The van der Waals surface area contributed by atoms with Crippen molar-refractivity contribution >= 4 is 34.4 Å². The van der Waals surface area contributed by atoms with Gasteiger partial charge in [0.2, 0.25) is 0 Å². The van der Waals surface area contributed by atoms with Gasteiger partial charge in [0.25, 0.3) is 0 Å². The number of halogens is 1. The van der Waals surface area contributed by atoms with E-state index in [4.69, 9.17) is 12.2 Å². The summed E-state index contributed by atoms with van der Waals surface area (Å²) in [6, 6.07) is 10.5. The summed E-state index contributed by atoms with van der Waals surface area (Å²) in [5.74, 6) is -0.259. The van der Waals surface area contributed by atoms with Gasteiger partial charge in [0.05, 0.1) is 6.04 Å². The highest BCUT2D eigenvalue weighted by atomic mass is 32.1. The minimum absolute atomic E-state index is 0.259. The third-order valence-corrected chi connectivity index (χ3v) is 4.27. The molecule has 6 heteroatoms. The lowest BCUT2D eigenvalue weighted by molar-refractivity contribution is 0.303. The highest BCUT2D eigenvalue weighted by Gasteiger charge is 2.15. The summed E-state index contributed by atoms with van der Waals surface area (Å²) >= 11 is 7.00. The number of anilines is 1. The molecule has 1 aromatic heterocycles. The Morgan fingerprint density at radius 1 is 1.29 bits per heavy atom. The van der Waals surface area contributed by atoms with E-state index in [1.807, 2.05) is 20.2 Å². The highest BCUT2D eigenvalue weighted by molar-refractivity contribution is 7.80. The molecule has 0 fully saturated rings. The zero-order valence-corrected chi connectivity index (χ0v) is 13.6. The topological polar surface area (TPSA) is 27.3 Å². The van der Waals surface area contributed by atoms with Gasteiger partial charge in [-0.05, 0) is 62.0 Å². The molecule has 2 aromatic rings. The van der Waals surface area contributed by atoms with E-state index in [2.05, 4.69) is 27.0 Å². The van der Waals surface area contributed by atoms with Crippen LogP contribution in [-0.2, 0) is 0 Å². The number of thiophene rings is 1. The summed E-state index contributed by atoms with van der Waals surface area (Å²) in [7, 11) is 4.09. The van der Waals surface area contributed by atoms with Crippen LogP contribution >= 0.6 is 23.6 Å². The van der Waals surface area contributed by atoms with E-state index in [1.165, 1.54) is 17.0 Å². The summed E-state index contributed by atoms with van der Waals surface area (Å²) in [6.45, 7) is 0.709. The van der Waals surface area contributed by atoms with Crippen molar-refractivity contribution in [3.8, 4) is 0 Å². The first-order chi connectivity index (χ1) is 10.1. The molecule has 3 nitrogen and oxygen atoms in total. The molecule has 112 valence electrons. The summed E-state index contributed by atoms with van der Waals surface area (Å²) < 4.78 is 12.8. The van der Waals surface area contributed by atoms with Crippen molar-refractivity contribution in [3.63, 3.8) is 0 Å². The van der Waals surface area contributed by atoms with E-state index in [-0.39, 0.29) is 11.9 Å². The molecule has 21 heavy (non-hydrogen) atoms. The van der Waals surface area contributed by atoms with Gasteiger partial charge in [-0.1, -0.05) is 6.07 Å². The van der Waals surface area contributed by atoms with Gasteiger partial charge >= 0.3 is 0 Å². The molecule has 1 aromatic carbocycles. The summed E-state index contributed by atoms with van der Waals surface area (Å²) in [6.07, 6.45) is 0. The molecule has 0 amide bonds. The lowest BCUT2D eigenvalue weighted by Gasteiger charge is -2.24. The first-order valence-electron chi connectivity index (χ1n) is 6.56. The van der Waals surface area contributed by atoms with Gasteiger partial charge in [-0.25, -0.2) is 4.39 Å². The van der Waals surface area contributed by atoms with Crippen molar-refractivity contribution in [1.82, 2.24) is 10.2 Å². The van der Waals surface area contributed by atoms with Crippen molar-refractivity contribution in [2.24, 2.45) is 0 Å². The fourth-order valence-corrected chi connectivity index (χ4v) is 3.04. The molecule has 2 rings (SSSR count). The van der Waals surface area contributed by atoms with E-state index in [9.17, 15) is 4.39 Å². The largest absolute Gasteiger partial charge is 0.360 e. The predicted molar refractivity (Wildman–Crippen MR) is 91.4 cm³/mol. The van der Waals surface area contributed by atoms with Gasteiger partial charge in [-0.2, -0.15) is 0 Å². The van der Waals surface area contributed by atoms with Crippen LogP contribution in [0.25, 0.3) is 0 Å². The Morgan fingerprint density at radius 3 is 2.57 bits per heavy atom. The van der Waals surface area contributed by atoms with Crippen LogP contribution < -0.4 is 10.6 Å². The van der Waals surface area contributed by atoms with E-state index in [0.29, 0.717) is 11.7 Å². The number of nitrogens with one attached hydrogen (secondary N) is 2. The second-order valence-electron chi connectivity index (χ2n) is 4.84. The number of nitrogens with zero attached hydrogens (tertiary/aromatic N) is 1. The molecule has 0 saturated heterocycles. The van der Waals surface area contributed by atoms with Crippen LogP contribution in [0.5, 0.6) is 0 Å². The van der Waals surface area contributed by atoms with E-state index < -0.39 is 0 Å². The molecule has 0 unspecified atom stereocenters. The lowest BCUT2D eigenvalue weighted by atomic mass is 10.2. The second-order valence-corrected chi connectivity index (χ2v) is 6.22. The van der Waals surface area contributed by atoms with Gasteiger partial charge in [-0.15, -0.1) is 11.3 Å². The second kappa shape index (κ2) is 7.49. The van der Waals surface area contributed by atoms with E-state index in [1.54, 1.807) is 23.5 Å². The van der Waals surface area contributed by atoms with Crippen LogP contribution in [0, 0.1) is 5.82 Å². The van der Waals surface area contributed by atoms with Crippen molar-refractivity contribution in [3.05, 3.63) is 52.5 Å². The molecular weight excluding hydrogens is 305 g/mol. The average molecular weight is 323 g/mol. The fourth-order valence-electron chi connectivity index (χ4n) is 1.92. The zero-order chi connectivity index (χ0) is 15.2. The molecule has 0 aliphatic rings. The van der Waals surface area contributed by atoms with Crippen LogP contribution in [-0.4, -0.2) is 30.7 Å². The summed E-state index contributed by atoms with van der Waals surface area (Å²) in [4.78, 5) is 3.44. The van der Waals surface area contributed by atoms with Crippen molar-refractivity contribution in [2.45, 2.75) is 6.04 Å². The normalized spacial score (nSPS) is 12.2. The molecule has 1 atom stereocenters. The number of likely N-dealkylation sites (N-methyl/N-ethyl adjacent to an activating group) is 1. The van der Waals surface area contributed by atoms with Crippen molar-refractivity contribution in [2.75, 3.05) is 26.0 Å². The number of hydrogen-bond donors (Lipinski definition) is 2. The monoisotopic (exact) mass is 323 g/mol. The van der Waals surface area contributed by atoms with Crippen molar-refractivity contribution < 1.29 is 4.39 Å². The summed E-state index contributed by atoms with van der Waals surface area (Å²) in [5.41, 5.74) is 0.770. The quantitative estimate of drug-likeness (QED) is 0.824. The van der Waals surface area contributed by atoms with Crippen LogP contribution in [0.4, 0.5) is 10.1 Å². The molecule has 2 N–H and O–H groups in total. The van der Waals surface area contributed by atoms with Gasteiger partial charge < -0.3 is 15.5 Å². The SMILES string of the molecule is CN(C)[C@H](CNC(=S)Nc1ccc(F)cc1)c1cccs1. The minimum atomic E-state index is -0.259. The highest BCUT2D eigenvalue weighted by Crippen LogP contribution is 2.22. The number of benzene rings is 1. The third-order valence-electron chi connectivity index (χ3n) is 3.05. The van der Waals surface area contributed by atoms with Gasteiger partial charge in [0.1, 0.15) is 5.82 Å². The van der Waals surface area contributed by atoms with Crippen LogP contribution in [0.2, 0.25) is 0 Å². The molecule has 1 heterocycles. The molecule has 0 radical (unpaired) electrons. The average Bonchev–Trinajstić information content (AvgIpc) is 2.95. The van der Waals surface area contributed by atoms with Crippen molar-refractivity contribution in [1.29, 1.82) is 0 Å². The van der Waals surface area contributed by atoms with Gasteiger partial charge in [0, 0.05) is 17.1 Å². The molecule has 0 bridgehead atoms. The van der Waals surface area contributed by atoms with Crippen LogP contribution in [0.3, 0.4) is 0 Å². The first kappa shape index (κ1) is 15.9. The molecular formula is C15H18FN3S2. The standard InChI is InChI=1S/C15H18FN3S2/c1-19(2)13(14-4-3-9-21-14)10-17-15(20)18-12-7-5-11(16)6-8-12/h3-9,13H,10H2,1-2H3,(H2,17,18,20)/t13-/m1/s1. The molecule has 0 aliphatic heterocycles. The Labute approximate surface area is 133 Å². The maximum atomic E-state index is 12.8. The number of rotatable bonds is 5. The minimum Gasteiger partial charge on any atom is -0.360 e. The predicted octanol–water partition coefficient (Wildman–Crippen LogP) is 3.48. The van der Waals surface area contributed by atoms with Gasteiger partial charge in [-0.3, -0.25) is 0 Å². The smallest absolute Gasteiger partial charge is 0.170 e. The van der Waals surface area contributed by atoms with Crippen LogP contribution in [0.1, 0.15) is 10.9 Å². The Kier molecular flexibility index (Phi) is 5.67. The lowest BCUT2D eigenvalue weighted by Crippen LogP contribution is -2.36. The Bertz CT molecular complexity index is 567. The molecule has 0 spiro atoms. The third kappa shape index (κ3) is 4.77. The molecule has 0 saturated carbocycles. The maximum Gasteiger partial charge on any atom is 0.170 e. The van der Waals surface area contributed by atoms with E-state index >= 15 is 0 Å². The van der Waals surface area contributed by atoms with Gasteiger partial charge in [0.15, 0.2) is 5.11 Å². The number of thiocarbonyl (C=S) groups is 1. The first-order valence-corrected chi connectivity index (χ1v) is 7.85. The van der Waals surface area contributed by atoms with E-state index in [0.717, 1.165) is 5.69 Å². The molecule has 0 aliphatic carbocycles.